The summed E-state index contributed by atoms with van der Waals surface area (Å²) in [6.07, 6.45) is 0. The van der Waals surface area contributed by atoms with E-state index < -0.39 is 0 Å². The van der Waals surface area contributed by atoms with Gasteiger partial charge in [-0.1, -0.05) is 12.1 Å². The second-order valence-corrected chi connectivity index (χ2v) is 4.72. The minimum absolute atomic E-state index is 0.721. The molecular formula is C13H14BrN3. The Kier molecular flexibility index (Phi) is 3.64. The number of nitrogen functional groups attached to an aromatic ring is 1. The molecule has 0 saturated heterocycles. The van der Waals surface area contributed by atoms with Gasteiger partial charge < -0.3 is 11.1 Å². The molecule has 0 radical (unpaired) electrons. The van der Waals surface area contributed by atoms with Crippen LogP contribution >= 0.6 is 15.9 Å². The number of rotatable bonds is 3. The number of aromatic nitrogens is 1. The maximum absolute atomic E-state index is 5.72. The number of nitrogens with one attached hydrogen (secondary N) is 1. The Hall–Kier alpha value is -1.55. The zero-order valence-electron chi connectivity index (χ0n) is 9.57. The molecule has 88 valence electrons. The van der Waals surface area contributed by atoms with E-state index in [1.165, 1.54) is 0 Å². The van der Waals surface area contributed by atoms with E-state index in [2.05, 4.69) is 26.2 Å². The summed E-state index contributed by atoms with van der Waals surface area (Å²) < 4.78 is 1.02. The van der Waals surface area contributed by atoms with E-state index in [4.69, 9.17) is 5.73 Å². The molecule has 17 heavy (non-hydrogen) atoms. The fourth-order valence-corrected chi connectivity index (χ4v) is 1.76. The van der Waals surface area contributed by atoms with Gasteiger partial charge in [-0.25, -0.2) is 4.98 Å². The van der Waals surface area contributed by atoms with Crippen LogP contribution in [0.25, 0.3) is 0 Å². The monoisotopic (exact) mass is 291 g/mol. The number of anilines is 2. The Morgan fingerprint density at radius 2 is 2.12 bits per heavy atom. The molecule has 1 aromatic carbocycles. The minimum atomic E-state index is 0.721. The molecule has 0 spiro atoms. The standard InChI is InChI=1S/C13H14BrN3/c1-9-12(14)5-6-13(17-9)16-8-10-3-2-4-11(15)7-10/h2-7H,8,15H2,1H3,(H,16,17). The van der Waals surface area contributed by atoms with Gasteiger partial charge in [0.05, 0.1) is 5.69 Å². The SMILES string of the molecule is Cc1nc(NCc2cccc(N)c2)ccc1Br. The van der Waals surface area contributed by atoms with Crippen LogP contribution in [0.3, 0.4) is 0 Å². The third-order valence-corrected chi connectivity index (χ3v) is 3.28. The first-order chi connectivity index (χ1) is 8.15. The van der Waals surface area contributed by atoms with Crippen LogP contribution in [0, 0.1) is 6.92 Å². The minimum Gasteiger partial charge on any atom is -0.399 e. The van der Waals surface area contributed by atoms with Crippen LogP contribution in [0.5, 0.6) is 0 Å². The third kappa shape index (κ3) is 3.20. The molecule has 0 aliphatic rings. The summed E-state index contributed by atoms with van der Waals surface area (Å²) in [5.74, 6) is 0.869. The normalized spacial score (nSPS) is 10.2. The summed E-state index contributed by atoms with van der Waals surface area (Å²) in [5.41, 5.74) is 8.62. The van der Waals surface area contributed by atoms with Gasteiger partial charge in [0.2, 0.25) is 0 Å². The van der Waals surface area contributed by atoms with Crippen molar-refractivity contribution in [3.63, 3.8) is 0 Å². The quantitative estimate of drug-likeness (QED) is 0.853. The molecule has 4 heteroatoms. The summed E-state index contributed by atoms with van der Waals surface area (Å²) in [5, 5.41) is 3.27. The van der Waals surface area contributed by atoms with Crippen LogP contribution in [0.4, 0.5) is 11.5 Å². The number of halogens is 1. The number of hydrogen-bond donors (Lipinski definition) is 2. The highest BCUT2D eigenvalue weighted by atomic mass is 79.9. The zero-order valence-corrected chi connectivity index (χ0v) is 11.2. The van der Waals surface area contributed by atoms with E-state index in [0.717, 1.165) is 33.8 Å². The molecule has 0 atom stereocenters. The average Bonchev–Trinajstić information content (AvgIpc) is 2.31. The topological polar surface area (TPSA) is 50.9 Å². The Balaban J connectivity index is 2.05. The predicted octanol–water partition coefficient (Wildman–Crippen LogP) is 3.35. The molecule has 3 nitrogen and oxygen atoms in total. The molecule has 2 rings (SSSR count). The molecule has 2 aromatic rings. The van der Waals surface area contributed by atoms with Gasteiger partial charge in [-0.2, -0.15) is 0 Å². The van der Waals surface area contributed by atoms with E-state index >= 15 is 0 Å². The summed E-state index contributed by atoms with van der Waals surface area (Å²) in [6, 6.07) is 11.8. The fourth-order valence-electron chi connectivity index (χ4n) is 1.54. The lowest BCUT2D eigenvalue weighted by atomic mass is 10.2. The van der Waals surface area contributed by atoms with Crippen molar-refractivity contribution in [1.29, 1.82) is 0 Å². The lowest BCUT2D eigenvalue weighted by molar-refractivity contribution is 1.08. The second-order valence-electron chi connectivity index (χ2n) is 3.86. The van der Waals surface area contributed by atoms with Gasteiger partial charge in [0.15, 0.2) is 0 Å². The highest BCUT2D eigenvalue weighted by molar-refractivity contribution is 9.10. The number of pyridine rings is 1. The smallest absolute Gasteiger partial charge is 0.126 e. The van der Waals surface area contributed by atoms with Crippen LogP contribution in [-0.2, 0) is 6.54 Å². The highest BCUT2D eigenvalue weighted by Crippen LogP contribution is 2.17. The zero-order chi connectivity index (χ0) is 12.3. The van der Waals surface area contributed by atoms with Crippen molar-refractivity contribution in [2.45, 2.75) is 13.5 Å². The molecule has 0 aliphatic heterocycles. The van der Waals surface area contributed by atoms with E-state index in [-0.39, 0.29) is 0 Å². The van der Waals surface area contributed by atoms with E-state index in [0.29, 0.717) is 0 Å². The highest BCUT2D eigenvalue weighted by Gasteiger charge is 1.99. The van der Waals surface area contributed by atoms with Crippen LogP contribution in [0.2, 0.25) is 0 Å². The van der Waals surface area contributed by atoms with Gasteiger partial charge in [-0.3, -0.25) is 0 Å². The van der Waals surface area contributed by atoms with Crippen LogP contribution in [-0.4, -0.2) is 4.98 Å². The molecule has 0 saturated carbocycles. The molecule has 0 amide bonds. The molecule has 3 N–H and O–H groups in total. The van der Waals surface area contributed by atoms with Crippen molar-refractivity contribution < 1.29 is 0 Å². The third-order valence-electron chi connectivity index (χ3n) is 2.45. The maximum atomic E-state index is 5.72. The van der Waals surface area contributed by atoms with Crippen molar-refractivity contribution in [2.75, 3.05) is 11.1 Å². The Bertz CT molecular complexity index is 526. The molecule has 0 unspecified atom stereocenters. The van der Waals surface area contributed by atoms with Gasteiger partial charge in [0.25, 0.3) is 0 Å². The summed E-state index contributed by atoms with van der Waals surface area (Å²) >= 11 is 3.43. The number of hydrogen-bond acceptors (Lipinski definition) is 3. The lowest BCUT2D eigenvalue weighted by Crippen LogP contribution is -2.02. The molecular weight excluding hydrogens is 278 g/mol. The van der Waals surface area contributed by atoms with Gasteiger partial charge in [0, 0.05) is 16.7 Å². The summed E-state index contributed by atoms with van der Waals surface area (Å²) in [4.78, 5) is 4.42. The number of nitrogens with two attached hydrogens (primary N) is 1. The number of nitrogens with zero attached hydrogens (tertiary/aromatic N) is 1. The van der Waals surface area contributed by atoms with E-state index in [1.807, 2.05) is 43.3 Å². The van der Waals surface area contributed by atoms with Crippen LogP contribution < -0.4 is 11.1 Å². The largest absolute Gasteiger partial charge is 0.399 e. The first-order valence-corrected chi connectivity index (χ1v) is 6.16. The van der Waals surface area contributed by atoms with E-state index in [1.54, 1.807) is 0 Å². The maximum Gasteiger partial charge on any atom is 0.126 e. The Morgan fingerprint density at radius 1 is 1.29 bits per heavy atom. The first kappa shape index (κ1) is 11.9. The van der Waals surface area contributed by atoms with Gasteiger partial charge in [-0.05, 0) is 52.7 Å². The summed E-state index contributed by atoms with van der Waals surface area (Å²) in [7, 11) is 0. The predicted molar refractivity (Wildman–Crippen MR) is 74.9 cm³/mol. The second kappa shape index (κ2) is 5.19. The average molecular weight is 292 g/mol. The van der Waals surface area contributed by atoms with Crippen molar-refractivity contribution in [2.24, 2.45) is 0 Å². The molecule has 0 aliphatic carbocycles. The van der Waals surface area contributed by atoms with E-state index in [9.17, 15) is 0 Å². The van der Waals surface area contributed by atoms with Crippen molar-refractivity contribution in [3.05, 3.63) is 52.1 Å². The first-order valence-electron chi connectivity index (χ1n) is 5.36. The van der Waals surface area contributed by atoms with Gasteiger partial charge >= 0.3 is 0 Å². The van der Waals surface area contributed by atoms with Crippen molar-refractivity contribution in [1.82, 2.24) is 4.98 Å². The van der Waals surface area contributed by atoms with Gasteiger partial charge in [0.1, 0.15) is 5.82 Å². The summed E-state index contributed by atoms with van der Waals surface area (Å²) in [6.45, 7) is 2.69. The fraction of sp³-hybridized carbons (Fsp3) is 0.154. The van der Waals surface area contributed by atoms with Crippen LogP contribution in [0.15, 0.2) is 40.9 Å². The molecule has 0 bridgehead atoms. The molecule has 0 fully saturated rings. The Labute approximate surface area is 109 Å². The lowest BCUT2D eigenvalue weighted by Gasteiger charge is -2.07. The van der Waals surface area contributed by atoms with Gasteiger partial charge in [-0.15, -0.1) is 0 Å². The van der Waals surface area contributed by atoms with Crippen LogP contribution in [0.1, 0.15) is 11.3 Å². The number of benzene rings is 1. The van der Waals surface area contributed by atoms with Crippen molar-refractivity contribution in [3.8, 4) is 0 Å². The van der Waals surface area contributed by atoms with Crippen molar-refractivity contribution >= 4 is 27.4 Å². The number of aryl methyl sites for hydroxylation is 1. The molecule has 1 heterocycles. The Morgan fingerprint density at radius 3 is 2.82 bits per heavy atom. The molecule has 1 aromatic heterocycles.